The van der Waals surface area contributed by atoms with E-state index < -0.39 is 11.6 Å². The van der Waals surface area contributed by atoms with Crippen LogP contribution in [0, 0.1) is 5.92 Å². The lowest BCUT2D eigenvalue weighted by molar-refractivity contribution is -0.130. The average molecular weight is 257 g/mol. The third-order valence-electron chi connectivity index (χ3n) is 3.65. The van der Waals surface area contributed by atoms with E-state index in [-0.39, 0.29) is 17.3 Å². The molecule has 4 nitrogen and oxygen atoms in total. The molecule has 2 atom stereocenters. The number of methoxy groups -OCH3 is 1. The fourth-order valence-electron chi connectivity index (χ4n) is 2.85. The van der Waals surface area contributed by atoms with Crippen molar-refractivity contribution in [1.82, 2.24) is 0 Å². The highest BCUT2D eigenvalue weighted by Gasteiger charge is 2.49. The summed E-state index contributed by atoms with van der Waals surface area (Å²) in [4.78, 5) is 12.4. The van der Waals surface area contributed by atoms with Gasteiger partial charge in [-0.15, -0.1) is 0 Å². The van der Waals surface area contributed by atoms with Gasteiger partial charge in [0.15, 0.2) is 5.78 Å². The van der Waals surface area contributed by atoms with Gasteiger partial charge in [-0.25, -0.2) is 0 Å². The number of rotatable bonds is 6. The molecule has 0 aromatic rings. The molecule has 0 aromatic carbocycles. The molecule has 0 amide bonds. The third-order valence-corrected chi connectivity index (χ3v) is 3.65. The molecule has 1 aliphatic rings. The molecule has 1 heterocycles. The Morgan fingerprint density at radius 2 is 2.06 bits per heavy atom. The first-order chi connectivity index (χ1) is 8.19. The maximum absolute atomic E-state index is 12.4. The average Bonchev–Trinajstić information content (AvgIpc) is 2.45. The van der Waals surface area contributed by atoms with Crippen molar-refractivity contribution in [3.8, 4) is 0 Å². The van der Waals surface area contributed by atoms with Crippen LogP contribution in [0.3, 0.4) is 0 Å². The van der Waals surface area contributed by atoms with E-state index in [1.807, 2.05) is 27.7 Å². The highest BCUT2D eigenvalue weighted by molar-refractivity contribution is 5.87. The number of nitrogens with two attached hydrogens (primary N) is 1. The largest absolute Gasteiger partial charge is 0.385 e. The van der Waals surface area contributed by atoms with Crippen molar-refractivity contribution in [1.29, 1.82) is 0 Å². The van der Waals surface area contributed by atoms with Crippen molar-refractivity contribution in [3.63, 3.8) is 0 Å². The van der Waals surface area contributed by atoms with E-state index in [0.29, 0.717) is 13.0 Å². The Kier molecular flexibility index (Phi) is 4.92. The fraction of sp³-hybridized carbons (Fsp3) is 0.929. The number of ether oxygens (including phenoxy) is 2. The van der Waals surface area contributed by atoms with Gasteiger partial charge < -0.3 is 15.2 Å². The zero-order valence-electron chi connectivity index (χ0n) is 12.3. The van der Waals surface area contributed by atoms with Gasteiger partial charge in [0, 0.05) is 13.7 Å². The number of hydrogen-bond acceptors (Lipinski definition) is 4. The predicted molar refractivity (Wildman–Crippen MR) is 71.4 cm³/mol. The summed E-state index contributed by atoms with van der Waals surface area (Å²) >= 11 is 0. The zero-order chi connectivity index (χ0) is 14.0. The Morgan fingerprint density at radius 1 is 1.44 bits per heavy atom. The lowest BCUT2D eigenvalue weighted by atomic mass is 9.81. The second kappa shape index (κ2) is 5.68. The molecule has 1 fully saturated rings. The monoisotopic (exact) mass is 257 g/mol. The summed E-state index contributed by atoms with van der Waals surface area (Å²) in [5.41, 5.74) is 5.33. The molecule has 2 unspecified atom stereocenters. The first-order valence-electron chi connectivity index (χ1n) is 6.68. The van der Waals surface area contributed by atoms with Gasteiger partial charge in [-0.3, -0.25) is 4.79 Å². The van der Waals surface area contributed by atoms with Crippen LogP contribution >= 0.6 is 0 Å². The van der Waals surface area contributed by atoms with Gasteiger partial charge in [-0.1, -0.05) is 0 Å². The zero-order valence-corrected chi connectivity index (χ0v) is 12.3. The minimum Gasteiger partial charge on any atom is -0.385 e. The quantitative estimate of drug-likeness (QED) is 0.738. The van der Waals surface area contributed by atoms with Gasteiger partial charge in [0.2, 0.25) is 0 Å². The summed E-state index contributed by atoms with van der Waals surface area (Å²) in [6.07, 6.45) is 2.25. The number of carbonyl (C=O) groups is 1. The van der Waals surface area contributed by atoms with E-state index in [9.17, 15) is 4.79 Å². The van der Waals surface area contributed by atoms with Crippen molar-refractivity contribution in [2.75, 3.05) is 13.7 Å². The van der Waals surface area contributed by atoms with E-state index in [1.54, 1.807) is 7.11 Å². The molecule has 1 saturated heterocycles. The Balaban J connectivity index is 2.61. The second-order valence-corrected chi connectivity index (χ2v) is 6.37. The molecule has 1 aliphatic heterocycles. The van der Waals surface area contributed by atoms with Crippen LogP contribution in [0.15, 0.2) is 0 Å². The van der Waals surface area contributed by atoms with E-state index in [2.05, 4.69) is 0 Å². The predicted octanol–water partition coefficient (Wildman–Crippen LogP) is 1.90. The lowest BCUT2D eigenvalue weighted by Crippen LogP contribution is -2.42. The summed E-state index contributed by atoms with van der Waals surface area (Å²) in [7, 11) is 1.66. The molecular formula is C14H27NO3. The fourth-order valence-corrected chi connectivity index (χ4v) is 2.85. The minimum absolute atomic E-state index is 0.106. The molecule has 0 spiro atoms. The first-order valence-corrected chi connectivity index (χ1v) is 6.68. The molecule has 0 aromatic heterocycles. The SMILES string of the molecule is COCCCC(N)C(=O)C1CC(C)(C)OC1(C)C. The van der Waals surface area contributed by atoms with E-state index in [0.717, 1.165) is 12.8 Å². The van der Waals surface area contributed by atoms with Crippen LogP contribution in [0.5, 0.6) is 0 Å². The lowest BCUT2D eigenvalue weighted by Gasteiger charge is -2.27. The summed E-state index contributed by atoms with van der Waals surface area (Å²) in [5.74, 6) is 0.0201. The molecule has 0 aliphatic carbocycles. The van der Waals surface area contributed by atoms with Crippen molar-refractivity contribution < 1.29 is 14.3 Å². The van der Waals surface area contributed by atoms with E-state index in [1.165, 1.54) is 0 Å². The Hall–Kier alpha value is -0.450. The van der Waals surface area contributed by atoms with Crippen molar-refractivity contribution in [3.05, 3.63) is 0 Å². The highest BCUT2D eigenvalue weighted by atomic mass is 16.5. The van der Waals surface area contributed by atoms with Crippen LogP contribution in [0.25, 0.3) is 0 Å². The molecular weight excluding hydrogens is 230 g/mol. The summed E-state index contributed by atoms with van der Waals surface area (Å²) in [5, 5.41) is 0. The first kappa shape index (κ1) is 15.6. The van der Waals surface area contributed by atoms with Crippen molar-refractivity contribution in [2.45, 2.75) is 64.2 Å². The van der Waals surface area contributed by atoms with Crippen LogP contribution < -0.4 is 5.73 Å². The van der Waals surface area contributed by atoms with Gasteiger partial charge in [0.25, 0.3) is 0 Å². The van der Waals surface area contributed by atoms with Gasteiger partial charge in [-0.05, 0) is 47.0 Å². The van der Waals surface area contributed by atoms with Crippen LogP contribution in [0.4, 0.5) is 0 Å². The number of ketones is 1. The van der Waals surface area contributed by atoms with E-state index >= 15 is 0 Å². The van der Waals surface area contributed by atoms with Crippen molar-refractivity contribution in [2.24, 2.45) is 11.7 Å². The molecule has 0 saturated carbocycles. The summed E-state index contributed by atoms with van der Waals surface area (Å²) in [6.45, 7) is 8.66. The second-order valence-electron chi connectivity index (χ2n) is 6.37. The smallest absolute Gasteiger partial charge is 0.155 e. The van der Waals surface area contributed by atoms with Crippen LogP contribution in [-0.2, 0) is 14.3 Å². The third kappa shape index (κ3) is 3.77. The summed E-state index contributed by atoms with van der Waals surface area (Å²) in [6, 6.07) is -0.401. The number of carbonyl (C=O) groups excluding carboxylic acids is 1. The maximum Gasteiger partial charge on any atom is 0.155 e. The Morgan fingerprint density at radius 3 is 2.50 bits per heavy atom. The molecule has 0 bridgehead atoms. The van der Waals surface area contributed by atoms with Gasteiger partial charge in [-0.2, -0.15) is 0 Å². The molecule has 2 N–H and O–H groups in total. The van der Waals surface area contributed by atoms with Crippen LogP contribution in [0.1, 0.15) is 47.0 Å². The standard InChI is InChI=1S/C14H27NO3/c1-13(2)9-10(14(3,4)18-13)12(16)11(15)7-6-8-17-5/h10-11H,6-9,15H2,1-5H3. The molecule has 0 radical (unpaired) electrons. The minimum atomic E-state index is -0.417. The van der Waals surface area contributed by atoms with Crippen LogP contribution in [-0.4, -0.2) is 36.7 Å². The molecule has 106 valence electrons. The molecule has 18 heavy (non-hydrogen) atoms. The Labute approximate surface area is 110 Å². The Bertz CT molecular complexity index is 299. The van der Waals surface area contributed by atoms with Gasteiger partial charge >= 0.3 is 0 Å². The highest BCUT2D eigenvalue weighted by Crippen LogP contribution is 2.42. The molecule has 1 rings (SSSR count). The van der Waals surface area contributed by atoms with E-state index in [4.69, 9.17) is 15.2 Å². The topological polar surface area (TPSA) is 61.5 Å². The number of Topliss-reactive ketones (excluding diaryl/α,β-unsaturated/α-hetero) is 1. The maximum atomic E-state index is 12.4. The number of hydrogen-bond donors (Lipinski definition) is 1. The van der Waals surface area contributed by atoms with Gasteiger partial charge in [0.1, 0.15) is 0 Å². The van der Waals surface area contributed by atoms with Gasteiger partial charge in [0.05, 0.1) is 23.2 Å². The van der Waals surface area contributed by atoms with Crippen LogP contribution in [0.2, 0.25) is 0 Å². The molecule has 4 heteroatoms. The van der Waals surface area contributed by atoms with Crippen molar-refractivity contribution >= 4 is 5.78 Å². The summed E-state index contributed by atoms with van der Waals surface area (Å²) < 4.78 is 10.9. The normalized spacial score (nSPS) is 27.1.